The predicted octanol–water partition coefficient (Wildman–Crippen LogP) is -6.20. The maximum atomic E-state index is 11.4. The van der Waals surface area contributed by atoms with Gasteiger partial charge < -0.3 is 34.6 Å². The number of piperazine rings is 1. The highest BCUT2D eigenvalue weighted by Gasteiger charge is 2.31. The maximum Gasteiger partial charge on any atom is 0.237 e. The molecule has 0 spiro atoms. The van der Waals surface area contributed by atoms with Gasteiger partial charge in [-0.25, -0.2) is 0 Å². The van der Waals surface area contributed by atoms with E-state index in [2.05, 4.69) is 5.32 Å². The second-order valence-corrected chi connectivity index (χ2v) is 3.71. The lowest BCUT2D eigenvalue weighted by Gasteiger charge is -2.39. The second-order valence-electron chi connectivity index (χ2n) is 3.71. The number of nitrogens with zero attached hydrogens (tertiary/aromatic N) is 1. The Kier molecular flexibility index (Phi) is 4.21. The molecule has 1 saturated heterocycles. The first-order chi connectivity index (χ1) is 8.32. The van der Waals surface area contributed by atoms with Crippen LogP contribution in [-0.2, 0) is 19.2 Å². The molecule has 1 heterocycles. The van der Waals surface area contributed by atoms with Gasteiger partial charge in [-0.1, -0.05) is 0 Å². The first-order valence-electron chi connectivity index (χ1n) is 4.97. The molecule has 1 aliphatic heterocycles. The Morgan fingerprint density at radius 1 is 1.33 bits per heavy atom. The summed E-state index contributed by atoms with van der Waals surface area (Å²) in [7, 11) is 0. The lowest BCUT2D eigenvalue weighted by Crippen LogP contribution is -2.65. The van der Waals surface area contributed by atoms with Crippen molar-refractivity contribution >= 4 is 23.8 Å². The van der Waals surface area contributed by atoms with E-state index in [4.69, 9.17) is 0 Å². The molecule has 0 aliphatic carbocycles. The van der Waals surface area contributed by atoms with Crippen molar-refractivity contribution in [2.45, 2.75) is 18.5 Å². The summed E-state index contributed by atoms with van der Waals surface area (Å²) < 4.78 is 0. The molecular formula is C9H9N2O7-3. The molecule has 1 N–H and O–H groups in total. The van der Waals surface area contributed by atoms with Gasteiger partial charge in [0, 0.05) is 18.9 Å². The first-order valence-corrected chi connectivity index (χ1v) is 4.97. The SMILES string of the molecule is O=C([O-])CC(C(=O)[O-])N1CC(C(=O)[O-])NCC1=O. The van der Waals surface area contributed by atoms with Crippen molar-refractivity contribution in [3.63, 3.8) is 0 Å². The van der Waals surface area contributed by atoms with E-state index in [1.807, 2.05) is 0 Å². The van der Waals surface area contributed by atoms with Gasteiger partial charge in [-0.2, -0.15) is 0 Å². The number of carbonyl (C=O) groups is 4. The van der Waals surface area contributed by atoms with Gasteiger partial charge >= 0.3 is 0 Å². The van der Waals surface area contributed by atoms with E-state index in [9.17, 15) is 34.5 Å². The molecule has 1 rings (SSSR count). The van der Waals surface area contributed by atoms with E-state index in [0.717, 1.165) is 0 Å². The van der Waals surface area contributed by atoms with Gasteiger partial charge in [-0.05, 0) is 0 Å². The van der Waals surface area contributed by atoms with E-state index in [0.29, 0.717) is 4.90 Å². The fraction of sp³-hybridized carbons (Fsp3) is 0.556. The number of carbonyl (C=O) groups excluding carboxylic acids is 4. The van der Waals surface area contributed by atoms with Gasteiger partial charge in [-0.3, -0.25) is 10.1 Å². The van der Waals surface area contributed by atoms with Crippen LogP contribution < -0.4 is 20.6 Å². The minimum absolute atomic E-state index is 0.421. The number of rotatable bonds is 5. The molecule has 0 aromatic carbocycles. The van der Waals surface area contributed by atoms with Crippen LogP contribution in [-0.4, -0.2) is 53.9 Å². The fourth-order valence-electron chi connectivity index (χ4n) is 1.61. The molecule has 0 radical (unpaired) electrons. The number of hydrogen-bond acceptors (Lipinski definition) is 8. The summed E-state index contributed by atoms with van der Waals surface area (Å²) in [5, 5.41) is 34.1. The highest BCUT2D eigenvalue weighted by Crippen LogP contribution is 2.09. The van der Waals surface area contributed by atoms with E-state index < -0.39 is 55.4 Å². The molecule has 9 heteroatoms. The monoisotopic (exact) mass is 257 g/mol. The number of nitrogens with one attached hydrogen (secondary N) is 1. The van der Waals surface area contributed by atoms with Crippen molar-refractivity contribution in [1.29, 1.82) is 0 Å². The Balaban J connectivity index is 2.87. The average molecular weight is 257 g/mol. The number of carboxylic acid groups (broad SMARTS) is 3. The highest BCUT2D eigenvalue weighted by atomic mass is 16.4. The van der Waals surface area contributed by atoms with Gasteiger partial charge in [-0.15, -0.1) is 0 Å². The van der Waals surface area contributed by atoms with Crippen LogP contribution in [0.1, 0.15) is 6.42 Å². The fourth-order valence-corrected chi connectivity index (χ4v) is 1.61. The molecule has 0 aromatic heterocycles. The smallest absolute Gasteiger partial charge is 0.237 e. The Hall–Kier alpha value is -2.16. The summed E-state index contributed by atoms with van der Waals surface area (Å²) in [6.45, 7) is -0.928. The molecule has 18 heavy (non-hydrogen) atoms. The second kappa shape index (κ2) is 5.45. The summed E-state index contributed by atoms with van der Waals surface area (Å²) >= 11 is 0. The largest absolute Gasteiger partial charge is 0.550 e. The summed E-state index contributed by atoms with van der Waals surface area (Å²) in [6, 6.07) is -3.02. The quantitative estimate of drug-likeness (QED) is 0.510. The zero-order chi connectivity index (χ0) is 13.9. The van der Waals surface area contributed by atoms with Crippen LogP contribution in [0.5, 0.6) is 0 Å². The number of aliphatic carboxylic acids is 3. The van der Waals surface area contributed by atoms with Gasteiger partial charge in [0.05, 0.1) is 30.6 Å². The standard InChI is InChI=1S/C9H12N2O7/c12-6-2-10-4(8(15)16)3-11(6)5(9(17)18)1-7(13)14/h4-5,10H,1-3H2,(H,13,14)(H,15,16)(H,17,18)/p-3. The van der Waals surface area contributed by atoms with Gasteiger partial charge in [0.1, 0.15) is 0 Å². The van der Waals surface area contributed by atoms with Crippen LogP contribution in [0.15, 0.2) is 0 Å². The van der Waals surface area contributed by atoms with Crippen molar-refractivity contribution in [3.05, 3.63) is 0 Å². The molecule has 0 saturated carbocycles. The van der Waals surface area contributed by atoms with Crippen molar-refractivity contribution in [1.82, 2.24) is 10.2 Å². The number of carboxylic acids is 3. The minimum Gasteiger partial charge on any atom is -0.550 e. The molecule has 2 atom stereocenters. The molecule has 0 bridgehead atoms. The zero-order valence-corrected chi connectivity index (χ0v) is 9.08. The van der Waals surface area contributed by atoms with Crippen molar-refractivity contribution in [3.8, 4) is 0 Å². The average Bonchev–Trinajstić information content (AvgIpc) is 2.26. The summed E-state index contributed by atoms with van der Waals surface area (Å²) in [5.41, 5.74) is 0. The molecule has 1 amide bonds. The van der Waals surface area contributed by atoms with Crippen LogP contribution in [0.3, 0.4) is 0 Å². The Morgan fingerprint density at radius 2 is 1.94 bits per heavy atom. The van der Waals surface area contributed by atoms with Gasteiger partial charge in [0.25, 0.3) is 0 Å². The Bertz CT molecular complexity index is 394. The van der Waals surface area contributed by atoms with Crippen LogP contribution in [0.2, 0.25) is 0 Å². The third-order valence-corrected chi connectivity index (χ3v) is 2.49. The zero-order valence-electron chi connectivity index (χ0n) is 9.08. The Labute approximate surface area is 101 Å². The van der Waals surface area contributed by atoms with Gasteiger partial charge in [0.2, 0.25) is 5.91 Å². The topological polar surface area (TPSA) is 153 Å². The molecule has 100 valence electrons. The van der Waals surface area contributed by atoms with Gasteiger partial charge in [0.15, 0.2) is 0 Å². The normalized spacial score (nSPS) is 21.4. The minimum atomic E-state index is -1.79. The van der Waals surface area contributed by atoms with Crippen LogP contribution in [0.25, 0.3) is 0 Å². The molecule has 0 aromatic rings. The number of hydrogen-bond donors (Lipinski definition) is 1. The molecule has 1 fully saturated rings. The first kappa shape index (κ1) is 13.9. The van der Waals surface area contributed by atoms with E-state index in [1.54, 1.807) is 0 Å². The van der Waals surface area contributed by atoms with Crippen molar-refractivity contribution < 1.29 is 34.5 Å². The summed E-state index contributed by atoms with van der Waals surface area (Å²) in [6.07, 6.45) is -0.964. The van der Waals surface area contributed by atoms with E-state index in [-0.39, 0.29) is 0 Å². The number of amides is 1. The van der Waals surface area contributed by atoms with Crippen LogP contribution in [0.4, 0.5) is 0 Å². The molecular weight excluding hydrogens is 248 g/mol. The molecule has 9 nitrogen and oxygen atoms in total. The third-order valence-electron chi connectivity index (χ3n) is 2.49. The van der Waals surface area contributed by atoms with Crippen LogP contribution >= 0.6 is 0 Å². The maximum absolute atomic E-state index is 11.4. The summed E-state index contributed by atoms with van der Waals surface area (Å²) in [4.78, 5) is 43.9. The highest BCUT2D eigenvalue weighted by molar-refractivity contribution is 5.88. The third kappa shape index (κ3) is 3.17. The van der Waals surface area contributed by atoms with E-state index >= 15 is 0 Å². The van der Waals surface area contributed by atoms with Crippen LogP contribution in [0, 0.1) is 0 Å². The summed E-state index contributed by atoms with van der Waals surface area (Å²) in [5.74, 6) is -5.71. The molecule has 1 aliphatic rings. The van der Waals surface area contributed by atoms with E-state index in [1.165, 1.54) is 0 Å². The lowest BCUT2D eigenvalue weighted by molar-refractivity contribution is -0.321. The lowest BCUT2D eigenvalue weighted by atomic mass is 10.1. The molecule has 2 unspecified atom stereocenters. The van der Waals surface area contributed by atoms with Crippen molar-refractivity contribution in [2.75, 3.05) is 13.1 Å². The Morgan fingerprint density at radius 3 is 2.39 bits per heavy atom. The predicted molar refractivity (Wildman–Crippen MR) is 46.9 cm³/mol. The van der Waals surface area contributed by atoms with Crippen molar-refractivity contribution in [2.24, 2.45) is 0 Å².